The number of carbonyl (C=O) groups is 1. The summed E-state index contributed by atoms with van der Waals surface area (Å²) in [7, 11) is -3.81. The van der Waals surface area contributed by atoms with Gasteiger partial charge in [-0.05, 0) is 37.5 Å². The van der Waals surface area contributed by atoms with E-state index >= 15 is 4.39 Å². The summed E-state index contributed by atoms with van der Waals surface area (Å²) < 4.78 is 68.4. The molecule has 178 valence electrons. The molecule has 2 fully saturated rings. The van der Waals surface area contributed by atoms with Gasteiger partial charge in [0.2, 0.25) is 10.0 Å². The van der Waals surface area contributed by atoms with E-state index in [0.717, 1.165) is 12.1 Å². The maximum atomic E-state index is 15.0. The number of hydrogen-bond acceptors (Lipinski definition) is 5. The second-order valence-corrected chi connectivity index (χ2v) is 10.5. The maximum Gasteiger partial charge on any atom is 0.251 e. The van der Waals surface area contributed by atoms with E-state index in [1.54, 1.807) is 37.3 Å². The number of sulfonamides is 1. The van der Waals surface area contributed by atoms with Crippen molar-refractivity contribution in [2.75, 3.05) is 13.2 Å². The number of rotatable bonds is 7. The van der Waals surface area contributed by atoms with Crippen LogP contribution in [0.2, 0.25) is 0 Å². The van der Waals surface area contributed by atoms with Gasteiger partial charge in [-0.25, -0.2) is 17.2 Å². The van der Waals surface area contributed by atoms with Gasteiger partial charge in [0.15, 0.2) is 6.10 Å². The molecule has 2 heterocycles. The van der Waals surface area contributed by atoms with Crippen LogP contribution in [0, 0.1) is 11.6 Å². The van der Waals surface area contributed by atoms with E-state index in [1.165, 1.54) is 4.31 Å². The minimum atomic E-state index is -3.81. The first-order valence-electron chi connectivity index (χ1n) is 10.7. The lowest BCUT2D eigenvalue weighted by atomic mass is 10.0. The monoisotopic (exact) mass is 480 g/mol. The molecule has 0 aliphatic carbocycles. The third kappa shape index (κ3) is 4.79. The smallest absolute Gasteiger partial charge is 0.251 e. The van der Waals surface area contributed by atoms with Crippen molar-refractivity contribution in [2.24, 2.45) is 5.73 Å². The Bertz CT molecular complexity index is 1130. The van der Waals surface area contributed by atoms with Crippen molar-refractivity contribution < 1.29 is 31.5 Å². The SMILES string of the molecule is C[C@H]1CC[C@H](c2ccccc2)S(=O)(=O)N1Cc1cc(F)c([C@@H](OC2COC2)C(N)=O)cc1F. The zero-order valence-electron chi connectivity index (χ0n) is 18.1. The summed E-state index contributed by atoms with van der Waals surface area (Å²) in [5.41, 5.74) is 5.55. The number of halogens is 2. The fraction of sp³-hybridized carbons (Fsp3) is 0.435. The molecule has 2 saturated heterocycles. The van der Waals surface area contributed by atoms with Gasteiger partial charge >= 0.3 is 0 Å². The molecule has 2 aliphatic heterocycles. The first kappa shape index (κ1) is 23.7. The Morgan fingerprint density at radius 3 is 2.48 bits per heavy atom. The van der Waals surface area contributed by atoms with Crippen LogP contribution in [-0.4, -0.2) is 44.0 Å². The lowest BCUT2D eigenvalue weighted by molar-refractivity contribution is -0.167. The minimum Gasteiger partial charge on any atom is -0.376 e. The average Bonchev–Trinajstić information content (AvgIpc) is 2.73. The highest BCUT2D eigenvalue weighted by Gasteiger charge is 2.41. The van der Waals surface area contributed by atoms with Gasteiger partial charge in [0, 0.05) is 23.7 Å². The number of nitrogens with zero attached hydrogens (tertiary/aromatic N) is 1. The molecule has 2 aromatic carbocycles. The summed E-state index contributed by atoms with van der Waals surface area (Å²) in [4.78, 5) is 11.8. The van der Waals surface area contributed by atoms with Crippen LogP contribution < -0.4 is 5.73 Å². The Kier molecular flexibility index (Phi) is 6.81. The van der Waals surface area contributed by atoms with E-state index < -0.39 is 45.0 Å². The zero-order valence-corrected chi connectivity index (χ0v) is 18.9. The molecule has 2 aromatic rings. The Morgan fingerprint density at radius 2 is 1.88 bits per heavy atom. The van der Waals surface area contributed by atoms with Gasteiger partial charge in [0.25, 0.3) is 5.91 Å². The van der Waals surface area contributed by atoms with E-state index in [1.807, 2.05) is 0 Å². The Hall–Kier alpha value is -2.40. The second-order valence-electron chi connectivity index (χ2n) is 8.46. The van der Waals surface area contributed by atoms with E-state index in [2.05, 4.69) is 0 Å². The van der Waals surface area contributed by atoms with Gasteiger partial charge in [-0.1, -0.05) is 30.3 Å². The molecular weight excluding hydrogens is 454 g/mol. The van der Waals surface area contributed by atoms with Crippen LogP contribution in [0.3, 0.4) is 0 Å². The van der Waals surface area contributed by atoms with Gasteiger partial charge in [0.05, 0.1) is 13.2 Å². The van der Waals surface area contributed by atoms with Crippen molar-refractivity contribution >= 4 is 15.9 Å². The van der Waals surface area contributed by atoms with Crippen LogP contribution in [0.25, 0.3) is 0 Å². The third-order valence-corrected chi connectivity index (χ3v) is 8.53. The number of hydrogen-bond donors (Lipinski definition) is 1. The molecule has 2 aliphatic rings. The number of primary amides is 1. The Balaban J connectivity index is 1.61. The molecule has 33 heavy (non-hydrogen) atoms. The zero-order chi connectivity index (χ0) is 23.8. The number of amides is 1. The molecule has 0 saturated carbocycles. The van der Waals surface area contributed by atoms with Gasteiger partial charge in [-0.15, -0.1) is 0 Å². The molecule has 0 bridgehead atoms. The molecule has 0 aromatic heterocycles. The van der Waals surface area contributed by atoms with Crippen LogP contribution in [0.1, 0.15) is 47.8 Å². The van der Waals surface area contributed by atoms with Gasteiger partial charge < -0.3 is 15.2 Å². The lowest BCUT2D eigenvalue weighted by Gasteiger charge is -2.37. The van der Waals surface area contributed by atoms with Gasteiger partial charge in [-0.2, -0.15) is 4.31 Å². The molecule has 0 spiro atoms. The van der Waals surface area contributed by atoms with Gasteiger partial charge in [0.1, 0.15) is 23.0 Å². The highest BCUT2D eigenvalue weighted by Crippen LogP contribution is 2.38. The Labute approximate surface area is 191 Å². The van der Waals surface area contributed by atoms with Crippen LogP contribution in [-0.2, 0) is 30.8 Å². The maximum absolute atomic E-state index is 15.0. The van der Waals surface area contributed by atoms with Crippen molar-refractivity contribution in [1.82, 2.24) is 4.31 Å². The Morgan fingerprint density at radius 1 is 1.18 bits per heavy atom. The highest BCUT2D eigenvalue weighted by atomic mass is 32.2. The summed E-state index contributed by atoms with van der Waals surface area (Å²) in [5.74, 6) is -2.68. The largest absolute Gasteiger partial charge is 0.376 e. The second kappa shape index (κ2) is 9.46. The predicted molar refractivity (Wildman–Crippen MR) is 116 cm³/mol. The summed E-state index contributed by atoms with van der Waals surface area (Å²) in [6.45, 7) is 1.89. The molecule has 3 atom stereocenters. The highest BCUT2D eigenvalue weighted by molar-refractivity contribution is 7.89. The van der Waals surface area contributed by atoms with E-state index in [9.17, 15) is 17.6 Å². The molecule has 4 rings (SSSR count). The normalized spacial score (nSPS) is 24.2. The molecule has 0 unspecified atom stereocenters. The number of carbonyl (C=O) groups excluding carboxylic acids is 1. The van der Waals surface area contributed by atoms with Crippen molar-refractivity contribution in [2.45, 2.75) is 49.8 Å². The van der Waals surface area contributed by atoms with Crippen LogP contribution in [0.4, 0.5) is 8.78 Å². The summed E-state index contributed by atoms with van der Waals surface area (Å²) in [5, 5.41) is -0.751. The van der Waals surface area contributed by atoms with Crippen LogP contribution in [0.15, 0.2) is 42.5 Å². The molecule has 0 radical (unpaired) electrons. The topological polar surface area (TPSA) is 98.9 Å². The van der Waals surface area contributed by atoms with Crippen molar-refractivity contribution in [1.29, 1.82) is 0 Å². The van der Waals surface area contributed by atoms with Crippen LogP contribution >= 0.6 is 0 Å². The van der Waals surface area contributed by atoms with Crippen molar-refractivity contribution in [3.05, 3.63) is 70.8 Å². The predicted octanol–water partition coefficient (Wildman–Crippen LogP) is 2.96. The first-order chi connectivity index (χ1) is 15.7. The van der Waals surface area contributed by atoms with E-state index in [0.29, 0.717) is 18.4 Å². The van der Waals surface area contributed by atoms with E-state index in [4.69, 9.17) is 15.2 Å². The summed E-state index contributed by atoms with van der Waals surface area (Å²) >= 11 is 0. The number of nitrogens with two attached hydrogens (primary N) is 1. The molecule has 10 heteroatoms. The quantitative estimate of drug-likeness (QED) is 0.657. The van der Waals surface area contributed by atoms with Crippen molar-refractivity contribution in [3.63, 3.8) is 0 Å². The van der Waals surface area contributed by atoms with Crippen LogP contribution in [0.5, 0.6) is 0 Å². The van der Waals surface area contributed by atoms with E-state index in [-0.39, 0.29) is 36.9 Å². The fourth-order valence-electron chi connectivity index (χ4n) is 4.22. The molecule has 1 amide bonds. The molecule has 2 N–H and O–H groups in total. The third-order valence-electron chi connectivity index (χ3n) is 6.16. The first-order valence-corrected chi connectivity index (χ1v) is 12.2. The van der Waals surface area contributed by atoms with Crippen molar-refractivity contribution in [3.8, 4) is 0 Å². The lowest BCUT2D eigenvalue weighted by Crippen LogP contribution is -2.45. The number of ether oxygens (including phenoxy) is 2. The average molecular weight is 481 g/mol. The minimum absolute atomic E-state index is 0.129. The number of benzene rings is 2. The standard InChI is InChI=1S/C23H26F2N2O5S/c1-14-7-8-21(15-5-3-2-4-6-15)33(29,30)27(14)11-16-9-20(25)18(10-19(16)24)22(23(26)28)32-17-12-31-13-17/h2-6,9-10,14,17,21-22H,7-8,11-13H2,1H3,(H2,26,28)/t14-,21+,22+/m0/s1. The fourth-order valence-corrected chi connectivity index (χ4v) is 6.41. The summed E-state index contributed by atoms with van der Waals surface area (Å²) in [6, 6.07) is 10.2. The summed E-state index contributed by atoms with van der Waals surface area (Å²) in [6.07, 6.45) is -0.869. The van der Waals surface area contributed by atoms with Gasteiger partial charge in [-0.3, -0.25) is 4.79 Å². The molecular formula is C23H26F2N2O5S. The molecule has 7 nitrogen and oxygen atoms in total.